The monoisotopic (exact) mass is 349 g/mol. The molecule has 1 aliphatic heterocycles. The number of amides is 1. The summed E-state index contributed by atoms with van der Waals surface area (Å²) in [6.45, 7) is -0.100. The minimum atomic E-state index is -1.54. The lowest BCUT2D eigenvalue weighted by Gasteiger charge is -2.15. The van der Waals surface area contributed by atoms with E-state index in [2.05, 4.69) is 9.72 Å². The molecule has 1 aromatic rings. The number of hydrogen-bond donors (Lipinski definition) is 2. The van der Waals surface area contributed by atoms with Gasteiger partial charge in [0.2, 0.25) is 0 Å². The second-order valence-electron chi connectivity index (χ2n) is 4.18. The van der Waals surface area contributed by atoms with Crippen molar-refractivity contribution in [1.82, 2.24) is 9.55 Å². The first-order chi connectivity index (χ1) is 10.9. The van der Waals surface area contributed by atoms with Gasteiger partial charge in [-0.15, -0.1) is 11.8 Å². The number of carboxylic acid groups (broad SMARTS) is 1. The number of ether oxygens (including phenoxy) is 3. The molecule has 2 rings (SSSR count). The van der Waals surface area contributed by atoms with Gasteiger partial charge in [-0.1, -0.05) is 0 Å². The van der Waals surface area contributed by atoms with E-state index >= 15 is 0 Å². The Labute approximate surface area is 132 Å². The van der Waals surface area contributed by atoms with E-state index in [0.29, 0.717) is 5.75 Å². The molecule has 126 valence electrons. The minimum Gasteiger partial charge on any atom is -0.465 e. The molecule has 1 saturated heterocycles. The fraction of sp³-hybridized carbons (Fsp3) is 0.455. The van der Waals surface area contributed by atoms with Crippen LogP contribution in [0.4, 0.5) is 19.8 Å². The number of nitrogens with one attached hydrogen (secondary N) is 1. The van der Waals surface area contributed by atoms with Crippen LogP contribution in [0.2, 0.25) is 0 Å². The average Bonchev–Trinajstić information content (AvgIpc) is 2.96. The maximum absolute atomic E-state index is 13.7. The van der Waals surface area contributed by atoms with Gasteiger partial charge in [0.1, 0.15) is 18.3 Å². The highest BCUT2D eigenvalue weighted by molar-refractivity contribution is 8.00. The first-order valence-electron chi connectivity index (χ1n) is 6.17. The number of rotatable bonds is 4. The van der Waals surface area contributed by atoms with E-state index in [-0.39, 0.29) is 6.61 Å². The highest BCUT2D eigenvalue weighted by Crippen LogP contribution is 2.31. The van der Waals surface area contributed by atoms with Crippen LogP contribution in [0.25, 0.3) is 0 Å². The van der Waals surface area contributed by atoms with Crippen LogP contribution in [0, 0.1) is 5.82 Å². The molecule has 1 aliphatic rings. The molecule has 2 heterocycles. The molecule has 0 aromatic carbocycles. The summed E-state index contributed by atoms with van der Waals surface area (Å²) in [5, 5.41) is 10.2. The standard InChI is InChI=1S/C11H12FN3O7S/c1-20-11(19)21-3-7-22-6(4-23-7)15-2-5(12)8(13-9(15)16)14-10(17)18/h2,6-7H,3-4H2,1H3,(H,17,18)(H,13,14,16)/t6-,7+/m0/s1. The molecule has 0 saturated carbocycles. The number of methoxy groups -OCH3 is 1. The molecule has 0 bridgehead atoms. The Kier molecular flexibility index (Phi) is 5.39. The van der Waals surface area contributed by atoms with Gasteiger partial charge in [-0.05, 0) is 0 Å². The number of carbonyl (C=O) groups is 2. The smallest absolute Gasteiger partial charge is 0.465 e. The second-order valence-corrected chi connectivity index (χ2v) is 5.37. The van der Waals surface area contributed by atoms with E-state index in [1.807, 2.05) is 0 Å². The van der Waals surface area contributed by atoms with Crippen LogP contribution in [0.15, 0.2) is 11.0 Å². The van der Waals surface area contributed by atoms with Crippen LogP contribution in [0.3, 0.4) is 0 Å². The number of anilines is 1. The Morgan fingerprint density at radius 1 is 1.65 bits per heavy atom. The summed E-state index contributed by atoms with van der Waals surface area (Å²) in [6, 6.07) is 0. The SMILES string of the molecule is COC(=O)OC[C@@H]1O[C@H](n2cc(F)c(NC(=O)O)nc2=O)CS1. The van der Waals surface area contributed by atoms with Gasteiger partial charge in [-0.2, -0.15) is 4.98 Å². The van der Waals surface area contributed by atoms with Crippen LogP contribution in [-0.2, 0) is 14.2 Å². The maximum Gasteiger partial charge on any atom is 0.508 e. The molecule has 0 spiro atoms. The lowest BCUT2D eigenvalue weighted by molar-refractivity contribution is -0.0209. The molecule has 2 atom stereocenters. The van der Waals surface area contributed by atoms with Gasteiger partial charge in [0.25, 0.3) is 0 Å². The van der Waals surface area contributed by atoms with E-state index in [1.165, 1.54) is 11.8 Å². The molecule has 0 aliphatic carbocycles. The van der Waals surface area contributed by atoms with Crippen molar-refractivity contribution in [3.63, 3.8) is 0 Å². The van der Waals surface area contributed by atoms with E-state index in [1.54, 1.807) is 5.32 Å². The van der Waals surface area contributed by atoms with E-state index in [9.17, 15) is 18.8 Å². The van der Waals surface area contributed by atoms with Crippen molar-refractivity contribution in [2.24, 2.45) is 0 Å². The highest BCUT2D eigenvalue weighted by Gasteiger charge is 2.30. The number of hydrogen-bond acceptors (Lipinski definition) is 8. The zero-order valence-electron chi connectivity index (χ0n) is 11.7. The predicted octanol–water partition coefficient (Wildman–Crippen LogP) is 0.843. The molecule has 2 N–H and O–H groups in total. The van der Waals surface area contributed by atoms with Crippen LogP contribution >= 0.6 is 11.8 Å². The van der Waals surface area contributed by atoms with Crippen LogP contribution in [0.5, 0.6) is 0 Å². The summed E-state index contributed by atoms with van der Waals surface area (Å²) in [5.41, 5.74) is -1.43. The van der Waals surface area contributed by atoms with Crippen molar-refractivity contribution in [3.05, 3.63) is 22.5 Å². The summed E-state index contributed by atoms with van der Waals surface area (Å²) in [5.74, 6) is -1.41. The molecule has 12 heteroatoms. The van der Waals surface area contributed by atoms with Crippen molar-refractivity contribution >= 4 is 29.8 Å². The predicted molar refractivity (Wildman–Crippen MR) is 74.8 cm³/mol. The number of nitrogens with zero attached hydrogens (tertiary/aromatic N) is 2. The normalized spacial score (nSPS) is 20.1. The Hall–Kier alpha value is -2.34. The van der Waals surface area contributed by atoms with Crippen molar-refractivity contribution in [2.45, 2.75) is 11.7 Å². The minimum absolute atomic E-state index is 0.100. The Morgan fingerprint density at radius 3 is 3.04 bits per heavy atom. The third kappa shape index (κ3) is 4.32. The third-order valence-corrected chi connectivity index (χ3v) is 3.78. The van der Waals surface area contributed by atoms with Crippen molar-refractivity contribution in [1.29, 1.82) is 0 Å². The van der Waals surface area contributed by atoms with Gasteiger partial charge in [-0.3, -0.25) is 9.88 Å². The number of carbonyl (C=O) groups excluding carboxylic acids is 1. The lowest BCUT2D eigenvalue weighted by atomic mass is 10.5. The summed E-state index contributed by atoms with van der Waals surface area (Å²) < 4.78 is 29.1. The maximum atomic E-state index is 13.7. The first-order valence-corrected chi connectivity index (χ1v) is 7.22. The molecule has 1 fully saturated rings. The van der Waals surface area contributed by atoms with Crippen molar-refractivity contribution in [2.75, 3.05) is 24.8 Å². The quantitative estimate of drug-likeness (QED) is 0.760. The van der Waals surface area contributed by atoms with E-state index < -0.39 is 41.2 Å². The fourth-order valence-corrected chi connectivity index (χ4v) is 2.70. The molecule has 0 unspecified atom stereocenters. The summed E-state index contributed by atoms with van der Waals surface area (Å²) >= 11 is 1.25. The van der Waals surface area contributed by atoms with E-state index in [0.717, 1.165) is 17.9 Å². The molecular weight excluding hydrogens is 337 g/mol. The molecule has 10 nitrogen and oxygen atoms in total. The third-order valence-electron chi connectivity index (χ3n) is 2.68. The fourth-order valence-electron chi connectivity index (χ4n) is 1.71. The van der Waals surface area contributed by atoms with Crippen molar-refractivity contribution in [3.8, 4) is 0 Å². The average molecular weight is 349 g/mol. The van der Waals surface area contributed by atoms with E-state index in [4.69, 9.17) is 14.6 Å². The van der Waals surface area contributed by atoms with Gasteiger partial charge in [0.15, 0.2) is 11.6 Å². The topological polar surface area (TPSA) is 129 Å². The second kappa shape index (κ2) is 7.28. The largest absolute Gasteiger partial charge is 0.508 e. The molecule has 1 amide bonds. The van der Waals surface area contributed by atoms with Gasteiger partial charge in [0, 0.05) is 5.75 Å². The molecule has 1 aromatic heterocycles. The summed E-state index contributed by atoms with van der Waals surface area (Å²) in [4.78, 5) is 36.5. The first kappa shape index (κ1) is 17.0. The molecule has 0 radical (unpaired) electrons. The summed E-state index contributed by atoms with van der Waals surface area (Å²) in [7, 11) is 1.16. The van der Waals surface area contributed by atoms with Gasteiger partial charge >= 0.3 is 17.9 Å². The van der Waals surface area contributed by atoms with Crippen molar-refractivity contribution < 1.29 is 33.3 Å². The number of halogens is 1. The number of aromatic nitrogens is 2. The zero-order chi connectivity index (χ0) is 17.0. The molecular formula is C11H12FN3O7S. The van der Waals surface area contributed by atoms with Crippen LogP contribution in [-0.4, -0.2) is 51.8 Å². The Morgan fingerprint density at radius 2 is 2.39 bits per heavy atom. The van der Waals surface area contributed by atoms with Gasteiger partial charge in [-0.25, -0.2) is 18.8 Å². The van der Waals surface area contributed by atoms with Gasteiger partial charge < -0.3 is 19.3 Å². The van der Waals surface area contributed by atoms with Crippen LogP contribution in [0.1, 0.15) is 6.23 Å². The summed E-state index contributed by atoms with van der Waals surface area (Å²) in [6.07, 6.45) is -2.43. The Bertz CT molecular complexity index is 668. The van der Waals surface area contributed by atoms with Crippen LogP contribution < -0.4 is 11.0 Å². The van der Waals surface area contributed by atoms with Gasteiger partial charge in [0.05, 0.1) is 13.3 Å². The number of thioether (sulfide) groups is 1. The zero-order valence-corrected chi connectivity index (χ0v) is 12.5. The Balaban J connectivity index is 2.05. The highest BCUT2D eigenvalue weighted by atomic mass is 32.2. The lowest BCUT2D eigenvalue weighted by Crippen LogP contribution is -2.30. The molecule has 23 heavy (non-hydrogen) atoms.